The summed E-state index contributed by atoms with van der Waals surface area (Å²) in [5, 5.41) is 0. The van der Waals surface area contributed by atoms with E-state index in [1.54, 1.807) is 0 Å². The molecule has 1 nitrogen and oxygen atoms in total. The van der Waals surface area contributed by atoms with Gasteiger partial charge in [0.1, 0.15) is 0 Å². The Hall–Kier alpha value is -1.08. The zero-order valence-electron chi connectivity index (χ0n) is 10.4. The van der Waals surface area contributed by atoms with Crippen molar-refractivity contribution in [3.63, 3.8) is 0 Å². The fourth-order valence-corrected chi connectivity index (χ4v) is 2.40. The lowest BCUT2D eigenvalue weighted by molar-refractivity contribution is 0.553. The highest BCUT2D eigenvalue weighted by Crippen LogP contribution is 2.32. The lowest BCUT2D eigenvalue weighted by atomic mass is 9.78. The first-order valence-electron chi connectivity index (χ1n) is 6.10. The van der Waals surface area contributed by atoms with E-state index < -0.39 is 0 Å². The van der Waals surface area contributed by atoms with Gasteiger partial charge in [0.2, 0.25) is 0 Å². The van der Waals surface area contributed by atoms with Crippen LogP contribution >= 0.6 is 0 Å². The van der Waals surface area contributed by atoms with Crippen molar-refractivity contribution >= 4 is 0 Å². The van der Waals surface area contributed by atoms with Crippen LogP contribution in [0.5, 0.6) is 0 Å². The molecule has 2 rings (SSSR count). The lowest BCUT2D eigenvalue weighted by Crippen LogP contribution is -2.28. The number of hydrogen-bond donors (Lipinski definition) is 1. The Labute approximate surface area is 98.4 Å². The first kappa shape index (κ1) is 11.4. The highest BCUT2D eigenvalue weighted by molar-refractivity contribution is 5.37. The third-order valence-corrected chi connectivity index (χ3v) is 3.63. The molecule has 4 atom stereocenters. The van der Waals surface area contributed by atoms with Gasteiger partial charge in [0.05, 0.1) is 0 Å². The molecule has 16 heavy (non-hydrogen) atoms. The fourth-order valence-electron chi connectivity index (χ4n) is 2.40. The smallest absolute Gasteiger partial charge is 0.0288 e. The molecule has 0 bridgehead atoms. The van der Waals surface area contributed by atoms with Crippen molar-refractivity contribution in [3.8, 4) is 0 Å². The summed E-state index contributed by atoms with van der Waals surface area (Å²) in [7, 11) is 0. The summed E-state index contributed by atoms with van der Waals surface area (Å²) in [6.45, 7) is 6.63. The van der Waals surface area contributed by atoms with Gasteiger partial charge in [-0.1, -0.05) is 55.9 Å². The Balaban J connectivity index is 2.23. The van der Waals surface area contributed by atoms with Crippen molar-refractivity contribution in [3.05, 3.63) is 47.6 Å². The number of allylic oxidation sites excluding steroid dienone is 6. The number of hydrogen-bond acceptors (Lipinski definition) is 1. The van der Waals surface area contributed by atoms with Crippen molar-refractivity contribution < 1.29 is 0 Å². The molecule has 0 amide bonds. The van der Waals surface area contributed by atoms with Crippen molar-refractivity contribution in [2.24, 2.45) is 23.5 Å². The van der Waals surface area contributed by atoms with Gasteiger partial charge in [-0.15, -0.1) is 0 Å². The summed E-state index contributed by atoms with van der Waals surface area (Å²) >= 11 is 0. The Morgan fingerprint density at radius 3 is 2.44 bits per heavy atom. The second-order valence-corrected chi connectivity index (χ2v) is 5.12. The van der Waals surface area contributed by atoms with Crippen LogP contribution in [0.1, 0.15) is 20.8 Å². The predicted octanol–water partition coefficient (Wildman–Crippen LogP) is 3.21. The molecule has 2 aliphatic carbocycles. The molecule has 0 saturated carbocycles. The van der Waals surface area contributed by atoms with Crippen LogP contribution in [-0.2, 0) is 0 Å². The molecule has 4 unspecified atom stereocenters. The summed E-state index contributed by atoms with van der Waals surface area (Å²) in [6.07, 6.45) is 13.5. The molecule has 0 aromatic rings. The van der Waals surface area contributed by atoms with Gasteiger partial charge in [-0.25, -0.2) is 0 Å². The molecular formula is C15H21N. The maximum absolute atomic E-state index is 5.97. The Morgan fingerprint density at radius 1 is 1.00 bits per heavy atom. The first-order valence-corrected chi connectivity index (χ1v) is 6.10. The van der Waals surface area contributed by atoms with Gasteiger partial charge >= 0.3 is 0 Å². The average Bonchev–Trinajstić information content (AvgIpc) is 2.26. The predicted molar refractivity (Wildman–Crippen MR) is 69.9 cm³/mol. The van der Waals surface area contributed by atoms with E-state index in [4.69, 9.17) is 5.73 Å². The van der Waals surface area contributed by atoms with Crippen LogP contribution in [-0.4, -0.2) is 6.04 Å². The maximum Gasteiger partial charge on any atom is 0.0288 e. The molecule has 0 fully saturated rings. The van der Waals surface area contributed by atoms with E-state index in [0.29, 0.717) is 17.8 Å². The monoisotopic (exact) mass is 215 g/mol. The van der Waals surface area contributed by atoms with E-state index in [-0.39, 0.29) is 6.04 Å². The molecular weight excluding hydrogens is 194 g/mol. The Kier molecular flexibility index (Phi) is 3.15. The number of rotatable bonds is 1. The van der Waals surface area contributed by atoms with Gasteiger partial charge in [-0.2, -0.15) is 0 Å². The largest absolute Gasteiger partial charge is 0.324 e. The van der Waals surface area contributed by atoms with Crippen molar-refractivity contribution in [2.45, 2.75) is 26.8 Å². The van der Waals surface area contributed by atoms with Crippen LogP contribution in [0.15, 0.2) is 47.6 Å². The minimum atomic E-state index is 0.184. The second-order valence-electron chi connectivity index (χ2n) is 5.12. The highest BCUT2D eigenvalue weighted by atomic mass is 14.6. The summed E-state index contributed by atoms with van der Waals surface area (Å²) in [5.74, 6) is 1.56. The summed E-state index contributed by atoms with van der Waals surface area (Å²) in [5.41, 5.74) is 8.75. The number of nitrogens with two attached hydrogens (primary N) is 1. The second kappa shape index (κ2) is 4.42. The van der Waals surface area contributed by atoms with Gasteiger partial charge in [0, 0.05) is 12.0 Å². The van der Waals surface area contributed by atoms with Gasteiger partial charge in [-0.05, 0) is 24.3 Å². The van der Waals surface area contributed by atoms with Crippen LogP contribution in [0.4, 0.5) is 0 Å². The quantitative estimate of drug-likeness (QED) is 0.714. The zero-order chi connectivity index (χ0) is 11.7. The SMILES string of the molecule is CC1=CC(C2=CC(C)C(N)C=C2)C(C)C=C1. The van der Waals surface area contributed by atoms with Crippen molar-refractivity contribution in [1.82, 2.24) is 0 Å². The van der Waals surface area contributed by atoms with E-state index >= 15 is 0 Å². The van der Waals surface area contributed by atoms with E-state index in [0.717, 1.165) is 0 Å². The lowest BCUT2D eigenvalue weighted by Gasteiger charge is -2.28. The average molecular weight is 215 g/mol. The normalized spacial score (nSPS) is 38.2. The Bertz CT molecular complexity index is 384. The molecule has 0 radical (unpaired) electrons. The molecule has 0 aliphatic heterocycles. The van der Waals surface area contributed by atoms with Gasteiger partial charge in [-0.3, -0.25) is 0 Å². The highest BCUT2D eigenvalue weighted by Gasteiger charge is 2.22. The molecule has 2 N–H and O–H groups in total. The maximum atomic E-state index is 5.97. The molecule has 2 aliphatic rings. The first-order chi connectivity index (χ1) is 7.58. The third kappa shape index (κ3) is 2.19. The fraction of sp³-hybridized carbons (Fsp3) is 0.467. The molecule has 0 heterocycles. The van der Waals surface area contributed by atoms with Gasteiger partial charge in [0.25, 0.3) is 0 Å². The molecule has 0 spiro atoms. The standard InChI is InChI=1S/C15H21N/c1-10-4-5-11(2)14(8-10)13-6-7-15(16)12(3)9-13/h4-9,11-12,14-15H,16H2,1-3H3. The van der Waals surface area contributed by atoms with Crippen LogP contribution in [0.3, 0.4) is 0 Å². The van der Waals surface area contributed by atoms with Crippen LogP contribution < -0.4 is 5.73 Å². The summed E-state index contributed by atoms with van der Waals surface area (Å²) < 4.78 is 0. The molecule has 0 saturated heterocycles. The van der Waals surface area contributed by atoms with Crippen molar-refractivity contribution in [1.29, 1.82) is 0 Å². The van der Waals surface area contributed by atoms with Crippen molar-refractivity contribution in [2.75, 3.05) is 0 Å². The van der Waals surface area contributed by atoms with E-state index in [9.17, 15) is 0 Å². The summed E-state index contributed by atoms with van der Waals surface area (Å²) in [4.78, 5) is 0. The van der Waals surface area contributed by atoms with E-state index in [2.05, 4.69) is 57.2 Å². The van der Waals surface area contributed by atoms with E-state index in [1.165, 1.54) is 11.1 Å². The minimum Gasteiger partial charge on any atom is -0.324 e. The molecule has 0 aromatic carbocycles. The summed E-state index contributed by atoms with van der Waals surface area (Å²) in [6, 6.07) is 0.184. The van der Waals surface area contributed by atoms with Crippen LogP contribution in [0.25, 0.3) is 0 Å². The van der Waals surface area contributed by atoms with Gasteiger partial charge in [0.15, 0.2) is 0 Å². The zero-order valence-corrected chi connectivity index (χ0v) is 10.4. The van der Waals surface area contributed by atoms with Gasteiger partial charge < -0.3 is 5.73 Å². The topological polar surface area (TPSA) is 26.0 Å². The molecule has 0 aromatic heterocycles. The minimum absolute atomic E-state index is 0.184. The molecule has 1 heteroatoms. The molecule has 86 valence electrons. The van der Waals surface area contributed by atoms with Crippen LogP contribution in [0.2, 0.25) is 0 Å². The Morgan fingerprint density at radius 2 is 1.75 bits per heavy atom. The van der Waals surface area contributed by atoms with Crippen LogP contribution in [0, 0.1) is 17.8 Å². The van der Waals surface area contributed by atoms with E-state index in [1.807, 2.05) is 0 Å². The third-order valence-electron chi connectivity index (χ3n) is 3.63.